The van der Waals surface area contributed by atoms with E-state index in [4.69, 9.17) is 10.2 Å². The summed E-state index contributed by atoms with van der Waals surface area (Å²) >= 11 is 0. The SMILES string of the molecule is CNC(=O)NCCc1cc(CO)c(O)c(CO)c1. The number of urea groups is 1. The largest absolute Gasteiger partial charge is 0.507 e. The molecule has 100 valence electrons. The van der Waals surface area contributed by atoms with E-state index in [0.29, 0.717) is 24.1 Å². The van der Waals surface area contributed by atoms with Crippen molar-refractivity contribution in [3.8, 4) is 5.75 Å². The third-order valence-electron chi connectivity index (χ3n) is 2.59. The zero-order valence-corrected chi connectivity index (χ0v) is 10.2. The number of phenols is 1. The second-order valence-electron chi connectivity index (χ2n) is 3.83. The first-order chi connectivity index (χ1) is 8.62. The van der Waals surface area contributed by atoms with Crippen LogP contribution >= 0.6 is 0 Å². The van der Waals surface area contributed by atoms with Crippen LogP contribution in [0.15, 0.2) is 12.1 Å². The molecule has 0 aliphatic rings. The Labute approximate surface area is 105 Å². The van der Waals surface area contributed by atoms with Crippen LogP contribution in [0.4, 0.5) is 4.79 Å². The fourth-order valence-corrected chi connectivity index (χ4v) is 1.63. The van der Waals surface area contributed by atoms with Crippen LogP contribution in [0.2, 0.25) is 0 Å². The second kappa shape index (κ2) is 6.83. The number of hydrogen-bond donors (Lipinski definition) is 5. The molecule has 0 atom stereocenters. The summed E-state index contributed by atoms with van der Waals surface area (Å²) in [5.74, 6) is -0.0805. The molecule has 1 aromatic carbocycles. The Morgan fingerprint density at radius 1 is 1.22 bits per heavy atom. The molecular weight excluding hydrogens is 236 g/mol. The molecule has 6 nitrogen and oxygen atoms in total. The molecule has 18 heavy (non-hydrogen) atoms. The van der Waals surface area contributed by atoms with Gasteiger partial charge in [-0.05, 0) is 24.1 Å². The Morgan fingerprint density at radius 3 is 2.22 bits per heavy atom. The number of carbonyl (C=O) groups excluding carboxylic acids is 1. The molecule has 0 aliphatic carbocycles. The number of hydrogen-bond acceptors (Lipinski definition) is 4. The van der Waals surface area contributed by atoms with Gasteiger partial charge in [-0.25, -0.2) is 4.79 Å². The lowest BCUT2D eigenvalue weighted by atomic mass is 10.0. The van der Waals surface area contributed by atoms with Crippen molar-refractivity contribution in [1.82, 2.24) is 10.6 Å². The fraction of sp³-hybridized carbons (Fsp3) is 0.417. The Bertz CT molecular complexity index is 396. The van der Waals surface area contributed by atoms with Crippen molar-refractivity contribution in [2.45, 2.75) is 19.6 Å². The van der Waals surface area contributed by atoms with Gasteiger partial charge in [0, 0.05) is 24.7 Å². The van der Waals surface area contributed by atoms with E-state index < -0.39 is 0 Å². The third kappa shape index (κ3) is 3.61. The van der Waals surface area contributed by atoms with Gasteiger partial charge in [-0.1, -0.05) is 0 Å². The number of carbonyl (C=O) groups is 1. The minimum absolute atomic E-state index is 0.0805. The maximum Gasteiger partial charge on any atom is 0.314 e. The van der Waals surface area contributed by atoms with Crippen molar-refractivity contribution in [2.75, 3.05) is 13.6 Å². The number of aromatic hydroxyl groups is 1. The Kier molecular flexibility index (Phi) is 5.41. The molecule has 0 fully saturated rings. The summed E-state index contributed by atoms with van der Waals surface area (Å²) in [6, 6.07) is 3.04. The lowest BCUT2D eigenvalue weighted by molar-refractivity contribution is 0.243. The van der Waals surface area contributed by atoms with Gasteiger partial charge < -0.3 is 26.0 Å². The van der Waals surface area contributed by atoms with Crippen LogP contribution < -0.4 is 10.6 Å². The number of benzene rings is 1. The van der Waals surface area contributed by atoms with Gasteiger partial charge in [-0.3, -0.25) is 0 Å². The highest BCUT2D eigenvalue weighted by atomic mass is 16.3. The third-order valence-corrected chi connectivity index (χ3v) is 2.59. The van der Waals surface area contributed by atoms with Crippen LogP contribution in [0, 0.1) is 0 Å². The van der Waals surface area contributed by atoms with E-state index in [-0.39, 0.29) is 25.0 Å². The zero-order chi connectivity index (χ0) is 13.5. The van der Waals surface area contributed by atoms with E-state index in [1.54, 1.807) is 12.1 Å². The molecule has 0 saturated heterocycles. The summed E-state index contributed by atoms with van der Waals surface area (Å²) in [7, 11) is 1.53. The molecule has 0 aliphatic heterocycles. The predicted octanol–water partition coefficient (Wildman–Crippen LogP) is -0.152. The van der Waals surface area contributed by atoms with Crippen molar-refractivity contribution < 1.29 is 20.1 Å². The first-order valence-corrected chi connectivity index (χ1v) is 5.63. The van der Waals surface area contributed by atoms with Crippen molar-refractivity contribution >= 4 is 6.03 Å². The van der Waals surface area contributed by atoms with Crippen LogP contribution in [-0.2, 0) is 19.6 Å². The van der Waals surface area contributed by atoms with Gasteiger partial charge >= 0.3 is 6.03 Å². The van der Waals surface area contributed by atoms with Crippen LogP contribution in [0.1, 0.15) is 16.7 Å². The summed E-state index contributed by atoms with van der Waals surface area (Å²) in [4.78, 5) is 11.0. The normalized spacial score (nSPS) is 10.2. The first-order valence-electron chi connectivity index (χ1n) is 5.63. The summed E-state index contributed by atoms with van der Waals surface area (Å²) in [5, 5.41) is 32.9. The maximum atomic E-state index is 11.0. The number of nitrogens with one attached hydrogen (secondary N) is 2. The van der Waals surface area contributed by atoms with Gasteiger partial charge in [0.15, 0.2) is 0 Å². The minimum Gasteiger partial charge on any atom is -0.507 e. The van der Waals surface area contributed by atoms with Crippen LogP contribution in [-0.4, -0.2) is 34.9 Å². The van der Waals surface area contributed by atoms with Crippen LogP contribution in [0.25, 0.3) is 0 Å². The van der Waals surface area contributed by atoms with Crippen molar-refractivity contribution in [1.29, 1.82) is 0 Å². The van der Waals surface area contributed by atoms with Crippen molar-refractivity contribution in [3.63, 3.8) is 0 Å². The van der Waals surface area contributed by atoms with Crippen molar-refractivity contribution in [3.05, 3.63) is 28.8 Å². The van der Waals surface area contributed by atoms with E-state index in [2.05, 4.69) is 10.6 Å². The molecule has 0 bridgehead atoms. The highest BCUT2D eigenvalue weighted by Crippen LogP contribution is 2.25. The molecule has 0 radical (unpaired) electrons. The second-order valence-corrected chi connectivity index (χ2v) is 3.83. The summed E-state index contributed by atoms with van der Waals surface area (Å²) in [6.45, 7) is -0.161. The topological polar surface area (TPSA) is 102 Å². The molecule has 5 N–H and O–H groups in total. The number of aliphatic hydroxyl groups is 2. The smallest absolute Gasteiger partial charge is 0.314 e. The van der Waals surface area contributed by atoms with Gasteiger partial charge in [0.1, 0.15) is 5.75 Å². The molecule has 0 aromatic heterocycles. The van der Waals surface area contributed by atoms with E-state index >= 15 is 0 Å². The maximum absolute atomic E-state index is 11.0. The number of amides is 2. The summed E-state index contributed by atoms with van der Waals surface area (Å²) in [5.41, 5.74) is 1.57. The number of aliphatic hydroxyl groups excluding tert-OH is 2. The summed E-state index contributed by atoms with van der Waals surface area (Å²) in [6.07, 6.45) is 0.549. The molecule has 1 aromatic rings. The average Bonchev–Trinajstić information content (AvgIpc) is 2.39. The van der Waals surface area contributed by atoms with Crippen LogP contribution in [0.5, 0.6) is 5.75 Å². The monoisotopic (exact) mass is 254 g/mol. The Morgan fingerprint density at radius 2 is 1.78 bits per heavy atom. The molecule has 0 unspecified atom stereocenters. The summed E-state index contributed by atoms with van der Waals surface area (Å²) < 4.78 is 0. The minimum atomic E-state index is -0.296. The van der Waals surface area contributed by atoms with Gasteiger partial charge in [-0.2, -0.15) is 0 Å². The van der Waals surface area contributed by atoms with E-state index in [9.17, 15) is 9.90 Å². The predicted molar refractivity (Wildman–Crippen MR) is 66.1 cm³/mol. The molecule has 1 rings (SSSR count). The van der Waals surface area contributed by atoms with E-state index in [1.807, 2.05) is 0 Å². The molecule has 0 heterocycles. The highest BCUT2D eigenvalue weighted by molar-refractivity contribution is 5.73. The average molecular weight is 254 g/mol. The van der Waals surface area contributed by atoms with E-state index in [1.165, 1.54) is 7.05 Å². The van der Waals surface area contributed by atoms with Gasteiger partial charge in [0.2, 0.25) is 0 Å². The standard InChI is InChI=1S/C12H18N2O4/c1-13-12(18)14-3-2-8-4-9(6-15)11(17)10(5-8)7-16/h4-5,15-17H,2-3,6-7H2,1H3,(H2,13,14,18). The fourth-order valence-electron chi connectivity index (χ4n) is 1.63. The Hall–Kier alpha value is -1.79. The van der Waals surface area contributed by atoms with Crippen molar-refractivity contribution in [2.24, 2.45) is 0 Å². The Balaban J connectivity index is 2.74. The lowest BCUT2D eigenvalue weighted by Crippen LogP contribution is -2.34. The first kappa shape index (κ1) is 14.3. The molecular formula is C12H18N2O4. The zero-order valence-electron chi connectivity index (χ0n) is 10.2. The molecule has 2 amide bonds. The van der Waals surface area contributed by atoms with Gasteiger partial charge in [-0.15, -0.1) is 0 Å². The van der Waals surface area contributed by atoms with Gasteiger partial charge in [0.25, 0.3) is 0 Å². The number of rotatable bonds is 5. The molecule has 0 saturated carbocycles. The molecule has 0 spiro atoms. The van der Waals surface area contributed by atoms with E-state index in [0.717, 1.165) is 5.56 Å². The lowest BCUT2D eigenvalue weighted by Gasteiger charge is -2.11. The molecule has 6 heteroatoms. The van der Waals surface area contributed by atoms with Gasteiger partial charge in [0.05, 0.1) is 13.2 Å². The highest BCUT2D eigenvalue weighted by Gasteiger charge is 2.09. The quantitative estimate of drug-likeness (QED) is 0.504. The van der Waals surface area contributed by atoms with Crippen LogP contribution in [0.3, 0.4) is 0 Å².